The number of nitrogens with zero attached hydrogens (tertiary/aromatic N) is 1. The monoisotopic (exact) mass is 267 g/mol. The SMILES string of the molecule is Cc1ccc(C(C)N2CCC(CCC(=O)O)C2)s1. The van der Waals surface area contributed by atoms with Gasteiger partial charge in [0.2, 0.25) is 0 Å². The number of hydrogen-bond donors (Lipinski definition) is 1. The zero-order chi connectivity index (χ0) is 13.1. The highest BCUT2D eigenvalue weighted by Gasteiger charge is 2.27. The van der Waals surface area contributed by atoms with Gasteiger partial charge in [0.15, 0.2) is 0 Å². The van der Waals surface area contributed by atoms with Gasteiger partial charge in [-0.3, -0.25) is 9.69 Å². The van der Waals surface area contributed by atoms with Gasteiger partial charge in [0.1, 0.15) is 0 Å². The average molecular weight is 267 g/mol. The number of aliphatic carboxylic acids is 1. The van der Waals surface area contributed by atoms with E-state index in [2.05, 4.69) is 30.9 Å². The number of rotatable bonds is 5. The minimum atomic E-state index is -0.671. The molecular weight excluding hydrogens is 246 g/mol. The summed E-state index contributed by atoms with van der Waals surface area (Å²) >= 11 is 1.87. The Morgan fingerprint density at radius 3 is 3.00 bits per heavy atom. The van der Waals surface area contributed by atoms with Crippen LogP contribution >= 0.6 is 11.3 Å². The second kappa shape index (κ2) is 5.85. The van der Waals surface area contributed by atoms with Gasteiger partial charge in [0, 0.05) is 28.8 Å². The summed E-state index contributed by atoms with van der Waals surface area (Å²) in [4.78, 5) is 15.8. The number of carbonyl (C=O) groups is 1. The molecule has 1 fully saturated rings. The predicted molar refractivity (Wildman–Crippen MR) is 74.0 cm³/mol. The molecule has 1 aliphatic heterocycles. The van der Waals surface area contributed by atoms with Gasteiger partial charge in [0.25, 0.3) is 0 Å². The number of carboxylic acids is 1. The van der Waals surface area contributed by atoms with Crippen molar-refractivity contribution in [2.75, 3.05) is 13.1 Å². The lowest BCUT2D eigenvalue weighted by atomic mass is 10.0. The number of carboxylic acid groups (broad SMARTS) is 1. The minimum absolute atomic E-state index is 0.311. The lowest BCUT2D eigenvalue weighted by molar-refractivity contribution is -0.137. The van der Waals surface area contributed by atoms with E-state index >= 15 is 0 Å². The summed E-state index contributed by atoms with van der Waals surface area (Å²) in [7, 11) is 0. The first-order valence-electron chi connectivity index (χ1n) is 6.58. The number of thiophene rings is 1. The normalized spacial score (nSPS) is 22.2. The third kappa shape index (κ3) is 3.33. The lowest BCUT2D eigenvalue weighted by Crippen LogP contribution is -2.24. The molecule has 2 atom stereocenters. The van der Waals surface area contributed by atoms with Crippen LogP contribution in [0.2, 0.25) is 0 Å². The van der Waals surface area contributed by atoms with Gasteiger partial charge in [-0.1, -0.05) is 0 Å². The van der Waals surface area contributed by atoms with Crippen molar-refractivity contribution in [1.82, 2.24) is 4.90 Å². The average Bonchev–Trinajstić information content (AvgIpc) is 2.94. The summed E-state index contributed by atoms with van der Waals surface area (Å²) in [5.41, 5.74) is 0. The molecule has 4 heteroatoms. The highest BCUT2D eigenvalue weighted by atomic mass is 32.1. The number of likely N-dealkylation sites (tertiary alicyclic amines) is 1. The zero-order valence-electron chi connectivity index (χ0n) is 11.1. The molecule has 2 heterocycles. The molecule has 2 unspecified atom stereocenters. The van der Waals surface area contributed by atoms with Crippen LogP contribution in [0.25, 0.3) is 0 Å². The van der Waals surface area contributed by atoms with E-state index in [0.717, 1.165) is 25.9 Å². The van der Waals surface area contributed by atoms with Gasteiger partial charge >= 0.3 is 5.97 Å². The van der Waals surface area contributed by atoms with Crippen LogP contribution in [-0.4, -0.2) is 29.1 Å². The van der Waals surface area contributed by atoms with Crippen LogP contribution in [0.3, 0.4) is 0 Å². The summed E-state index contributed by atoms with van der Waals surface area (Å²) < 4.78 is 0. The van der Waals surface area contributed by atoms with Gasteiger partial charge in [0.05, 0.1) is 0 Å². The predicted octanol–water partition coefficient (Wildman–Crippen LogP) is 3.30. The molecular formula is C14H21NO2S. The molecule has 0 radical (unpaired) electrons. The van der Waals surface area contributed by atoms with Crippen LogP contribution in [0.15, 0.2) is 12.1 Å². The van der Waals surface area contributed by atoms with Crippen molar-refractivity contribution in [2.45, 2.75) is 39.2 Å². The molecule has 0 saturated carbocycles. The van der Waals surface area contributed by atoms with Crippen molar-refractivity contribution in [3.8, 4) is 0 Å². The summed E-state index contributed by atoms with van der Waals surface area (Å²) in [6, 6.07) is 4.86. The van der Waals surface area contributed by atoms with E-state index in [-0.39, 0.29) is 0 Å². The van der Waals surface area contributed by atoms with E-state index in [1.165, 1.54) is 9.75 Å². The topological polar surface area (TPSA) is 40.5 Å². The maximum Gasteiger partial charge on any atom is 0.303 e. The van der Waals surface area contributed by atoms with Gasteiger partial charge < -0.3 is 5.11 Å². The van der Waals surface area contributed by atoms with Crippen LogP contribution < -0.4 is 0 Å². The fourth-order valence-corrected chi connectivity index (χ4v) is 3.60. The first-order valence-corrected chi connectivity index (χ1v) is 7.40. The van der Waals surface area contributed by atoms with Crippen molar-refractivity contribution in [2.24, 2.45) is 5.92 Å². The molecule has 1 aromatic heterocycles. The Bertz CT molecular complexity index is 416. The Kier molecular flexibility index (Phi) is 4.40. The second-order valence-corrected chi connectivity index (χ2v) is 6.53. The zero-order valence-corrected chi connectivity index (χ0v) is 11.9. The Balaban J connectivity index is 1.86. The van der Waals surface area contributed by atoms with Crippen molar-refractivity contribution >= 4 is 17.3 Å². The maximum absolute atomic E-state index is 10.6. The van der Waals surface area contributed by atoms with E-state index in [4.69, 9.17) is 5.11 Å². The maximum atomic E-state index is 10.6. The molecule has 0 aromatic carbocycles. The van der Waals surface area contributed by atoms with Gasteiger partial charge in [-0.2, -0.15) is 0 Å². The highest BCUT2D eigenvalue weighted by Crippen LogP contribution is 2.32. The molecule has 1 aromatic rings. The van der Waals surface area contributed by atoms with Crippen molar-refractivity contribution in [3.63, 3.8) is 0 Å². The molecule has 1 aliphatic rings. The fourth-order valence-electron chi connectivity index (χ4n) is 2.64. The Morgan fingerprint density at radius 2 is 2.39 bits per heavy atom. The Hall–Kier alpha value is -0.870. The summed E-state index contributed by atoms with van der Waals surface area (Å²) in [5.74, 6) is -0.111. The van der Waals surface area contributed by atoms with E-state index in [9.17, 15) is 4.79 Å². The van der Waals surface area contributed by atoms with Crippen LogP contribution in [0.5, 0.6) is 0 Å². The molecule has 0 bridgehead atoms. The van der Waals surface area contributed by atoms with E-state index in [1.807, 2.05) is 11.3 Å². The molecule has 18 heavy (non-hydrogen) atoms. The fraction of sp³-hybridized carbons (Fsp3) is 0.643. The second-order valence-electron chi connectivity index (χ2n) is 5.21. The smallest absolute Gasteiger partial charge is 0.303 e. The minimum Gasteiger partial charge on any atom is -0.481 e. The molecule has 0 aliphatic carbocycles. The van der Waals surface area contributed by atoms with Gasteiger partial charge in [-0.15, -0.1) is 11.3 Å². The largest absolute Gasteiger partial charge is 0.481 e. The standard InChI is InChI=1S/C14H21NO2S/c1-10-3-5-13(18-10)11(2)15-8-7-12(9-15)4-6-14(16)17/h3,5,11-12H,4,6-9H2,1-2H3,(H,16,17). The number of hydrogen-bond acceptors (Lipinski definition) is 3. The molecule has 0 spiro atoms. The van der Waals surface area contributed by atoms with Crippen LogP contribution in [0.4, 0.5) is 0 Å². The Labute approximate surface area is 112 Å². The quantitative estimate of drug-likeness (QED) is 0.890. The van der Waals surface area contributed by atoms with Crippen LogP contribution in [0.1, 0.15) is 42.0 Å². The van der Waals surface area contributed by atoms with Crippen molar-refractivity contribution < 1.29 is 9.90 Å². The first-order chi connectivity index (χ1) is 8.56. The highest BCUT2D eigenvalue weighted by molar-refractivity contribution is 7.12. The van der Waals surface area contributed by atoms with Crippen molar-refractivity contribution in [3.05, 3.63) is 21.9 Å². The van der Waals surface area contributed by atoms with E-state index < -0.39 is 5.97 Å². The third-order valence-electron chi connectivity index (χ3n) is 3.80. The summed E-state index contributed by atoms with van der Waals surface area (Å²) in [5, 5.41) is 8.72. The number of aryl methyl sites for hydroxylation is 1. The third-order valence-corrected chi connectivity index (χ3v) is 4.98. The van der Waals surface area contributed by atoms with Crippen LogP contribution in [-0.2, 0) is 4.79 Å². The molecule has 100 valence electrons. The molecule has 1 N–H and O–H groups in total. The summed E-state index contributed by atoms with van der Waals surface area (Å²) in [6.45, 7) is 6.54. The van der Waals surface area contributed by atoms with Gasteiger partial charge in [-0.25, -0.2) is 0 Å². The lowest BCUT2D eigenvalue weighted by Gasteiger charge is -2.23. The molecule has 3 nitrogen and oxygen atoms in total. The molecule has 0 amide bonds. The first kappa shape index (κ1) is 13.6. The Morgan fingerprint density at radius 1 is 1.61 bits per heavy atom. The van der Waals surface area contributed by atoms with Crippen LogP contribution in [0, 0.1) is 12.8 Å². The van der Waals surface area contributed by atoms with Crippen molar-refractivity contribution in [1.29, 1.82) is 0 Å². The van der Waals surface area contributed by atoms with Gasteiger partial charge in [-0.05, 0) is 51.3 Å². The molecule has 2 rings (SSSR count). The van der Waals surface area contributed by atoms with E-state index in [1.54, 1.807) is 0 Å². The summed E-state index contributed by atoms with van der Waals surface area (Å²) in [6.07, 6.45) is 2.27. The molecule has 1 saturated heterocycles. The van der Waals surface area contributed by atoms with E-state index in [0.29, 0.717) is 18.4 Å².